The van der Waals surface area contributed by atoms with Gasteiger partial charge in [-0.25, -0.2) is 4.79 Å². The lowest BCUT2D eigenvalue weighted by atomic mass is 9.85. The van der Waals surface area contributed by atoms with E-state index >= 15 is 0 Å². The van der Waals surface area contributed by atoms with Crippen molar-refractivity contribution in [1.82, 2.24) is 5.32 Å². The molecule has 0 aromatic heterocycles. The van der Waals surface area contributed by atoms with Crippen LogP contribution in [0.2, 0.25) is 0 Å². The van der Waals surface area contributed by atoms with E-state index in [4.69, 9.17) is 13.8 Å². The topological polar surface area (TPSA) is 117 Å². The van der Waals surface area contributed by atoms with Crippen molar-refractivity contribution in [1.29, 1.82) is 0 Å². The number of carbonyl (C=O) groups excluding carboxylic acids is 1. The van der Waals surface area contributed by atoms with Gasteiger partial charge in [0.15, 0.2) is 0 Å². The van der Waals surface area contributed by atoms with Crippen molar-refractivity contribution in [2.75, 3.05) is 13.7 Å². The summed E-state index contributed by atoms with van der Waals surface area (Å²) in [5.74, 6) is -1.69. The van der Waals surface area contributed by atoms with Crippen LogP contribution in [0, 0.1) is 10.1 Å². The Morgan fingerprint density at radius 2 is 2.00 bits per heavy atom. The van der Waals surface area contributed by atoms with Crippen molar-refractivity contribution in [2.45, 2.75) is 39.2 Å². The third-order valence-electron chi connectivity index (χ3n) is 4.97. The number of ether oxygens (including phenoxy) is 1. The Balaban J connectivity index is 2.29. The summed E-state index contributed by atoms with van der Waals surface area (Å²) in [7, 11) is -2.61. The quantitative estimate of drug-likeness (QED) is 0.335. The number of benzene rings is 1. The molecule has 10 heteroatoms. The van der Waals surface area contributed by atoms with Crippen LogP contribution in [0.3, 0.4) is 0 Å². The van der Waals surface area contributed by atoms with Crippen LogP contribution in [-0.4, -0.2) is 30.7 Å². The van der Waals surface area contributed by atoms with Gasteiger partial charge in [-0.2, -0.15) is 0 Å². The monoisotopic (exact) mass is 422 g/mol. The Morgan fingerprint density at radius 3 is 2.62 bits per heavy atom. The minimum Gasteiger partial charge on any atom is -0.466 e. The Labute approximate surface area is 168 Å². The molecule has 0 spiro atoms. The van der Waals surface area contributed by atoms with Crippen LogP contribution in [0.4, 0.5) is 5.69 Å². The van der Waals surface area contributed by atoms with E-state index in [1.54, 1.807) is 26.8 Å². The number of hydrogen-bond donors (Lipinski definition) is 1. The number of dihydropyridines is 1. The summed E-state index contributed by atoms with van der Waals surface area (Å²) < 4.78 is 30.0. The summed E-state index contributed by atoms with van der Waals surface area (Å²) in [6.07, 6.45) is 0.244. The first-order valence-corrected chi connectivity index (χ1v) is 10.7. The number of carbonyl (C=O) groups is 1. The van der Waals surface area contributed by atoms with Crippen molar-refractivity contribution in [3.63, 3.8) is 0 Å². The summed E-state index contributed by atoms with van der Waals surface area (Å²) in [6, 6.07) is 6.04. The fourth-order valence-corrected chi connectivity index (χ4v) is 6.00. The van der Waals surface area contributed by atoms with Gasteiger partial charge in [0.1, 0.15) is 0 Å². The number of nitro groups is 1. The third kappa shape index (κ3) is 3.85. The Bertz CT molecular complexity index is 969. The number of nitrogens with zero attached hydrogens (tertiary/aromatic N) is 1. The molecule has 0 bridgehead atoms. The number of nitro benzene ring substituents is 1. The Morgan fingerprint density at radius 1 is 1.31 bits per heavy atom. The molecule has 1 aromatic rings. The smallest absolute Gasteiger partial charge is 0.360 e. The van der Waals surface area contributed by atoms with Gasteiger partial charge in [-0.3, -0.25) is 14.7 Å². The summed E-state index contributed by atoms with van der Waals surface area (Å²) in [5.41, 5.74) is 1.07. The van der Waals surface area contributed by atoms with E-state index in [1.165, 1.54) is 25.3 Å². The number of allylic oxidation sites excluding steroid dienone is 3. The molecule has 3 rings (SSSR count). The third-order valence-corrected chi connectivity index (χ3v) is 7.32. The van der Waals surface area contributed by atoms with E-state index in [0.717, 1.165) is 0 Å². The predicted octanol–water partition coefficient (Wildman–Crippen LogP) is 3.98. The van der Waals surface area contributed by atoms with Crippen LogP contribution in [-0.2, 0) is 23.1 Å². The summed E-state index contributed by atoms with van der Waals surface area (Å²) in [5, 5.41) is 14.9. The van der Waals surface area contributed by atoms with Crippen LogP contribution >= 0.6 is 7.60 Å². The van der Waals surface area contributed by atoms with Crippen LogP contribution in [0.15, 0.2) is 46.5 Å². The maximum atomic E-state index is 13.8. The number of esters is 1. The standard InChI is InChI=1S/C19H23N2O7P/c1-11-9-10-27-29(25,28-11)18-13(3)20-12(2)16(19(22)26-4)17(18)14-7-5-6-8-15(14)21(23)24/h5-8,11,17,20H,9-10H2,1-4H3. The van der Waals surface area contributed by atoms with Crippen molar-refractivity contribution < 1.29 is 28.1 Å². The zero-order valence-corrected chi connectivity index (χ0v) is 17.5. The average molecular weight is 422 g/mol. The Kier molecular flexibility index (Phi) is 5.93. The second kappa shape index (κ2) is 8.10. The molecule has 0 aliphatic carbocycles. The molecule has 1 saturated heterocycles. The highest BCUT2D eigenvalue weighted by atomic mass is 31.2. The van der Waals surface area contributed by atoms with E-state index in [9.17, 15) is 19.5 Å². The molecule has 1 fully saturated rings. The fraction of sp³-hybridized carbons (Fsp3) is 0.421. The van der Waals surface area contributed by atoms with Crippen molar-refractivity contribution in [2.24, 2.45) is 0 Å². The molecule has 2 aliphatic rings. The molecule has 1 aromatic carbocycles. The first-order chi connectivity index (χ1) is 13.7. The Hall–Kier alpha value is -2.48. The second-order valence-electron chi connectivity index (χ2n) is 6.95. The maximum absolute atomic E-state index is 13.8. The zero-order valence-electron chi connectivity index (χ0n) is 16.6. The molecular weight excluding hydrogens is 399 g/mol. The molecule has 2 heterocycles. The second-order valence-corrected chi connectivity index (χ2v) is 8.90. The first-order valence-electron chi connectivity index (χ1n) is 9.13. The lowest BCUT2D eigenvalue weighted by molar-refractivity contribution is -0.385. The largest absolute Gasteiger partial charge is 0.466 e. The SMILES string of the molecule is COC(=O)C1=C(C)NC(C)=C(P2(=O)OCCC(C)O2)C1c1ccccc1[N+](=O)[O-]. The first kappa shape index (κ1) is 21.2. The van der Waals surface area contributed by atoms with E-state index in [1.807, 2.05) is 0 Å². The van der Waals surface area contributed by atoms with Crippen LogP contribution < -0.4 is 5.32 Å². The van der Waals surface area contributed by atoms with Gasteiger partial charge < -0.3 is 19.1 Å². The molecule has 2 aliphatic heterocycles. The van der Waals surface area contributed by atoms with E-state index in [0.29, 0.717) is 17.8 Å². The lowest BCUT2D eigenvalue weighted by Gasteiger charge is -2.37. The maximum Gasteiger partial charge on any atom is 0.360 e. The van der Waals surface area contributed by atoms with Gasteiger partial charge in [-0.15, -0.1) is 0 Å². The van der Waals surface area contributed by atoms with Crippen molar-refractivity contribution in [3.8, 4) is 0 Å². The van der Waals surface area contributed by atoms with Gasteiger partial charge >= 0.3 is 13.6 Å². The van der Waals surface area contributed by atoms with Crippen LogP contribution in [0.25, 0.3) is 0 Å². The highest BCUT2D eigenvalue weighted by molar-refractivity contribution is 7.58. The normalized spacial score (nSPS) is 27.4. The van der Waals surface area contributed by atoms with Gasteiger partial charge in [0.2, 0.25) is 0 Å². The van der Waals surface area contributed by atoms with E-state index in [-0.39, 0.29) is 34.8 Å². The summed E-state index contributed by atoms with van der Waals surface area (Å²) >= 11 is 0. The van der Waals surface area contributed by atoms with Crippen molar-refractivity contribution in [3.05, 3.63) is 62.2 Å². The average Bonchev–Trinajstić information content (AvgIpc) is 2.66. The summed E-state index contributed by atoms with van der Waals surface area (Å²) in [6.45, 7) is 5.34. The van der Waals surface area contributed by atoms with E-state index in [2.05, 4.69) is 5.32 Å². The zero-order chi connectivity index (χ0) is 21.3. The molecule has 3 atom stereocenters. The molecule has 0 amide bonds. The molecule has 9 nitrogen and oxygen atoms in total. The van der Waals surface area contributed by atoms with Gasteiger partial charge in [-0.1, -0.05) is 18.2 Å². The number of nitrogens with one attached hydrogen (secondary N) is 1. The van der Waals surface area contributed by atoms with Crippen molar-refractivity contribution >= 4 is 19.3 Å². The highest BCUT2D eigenvalue weighted by Crippen LogP contribution is 2.66. The van der Waals surface area contributed by atoms with Crippen LogP contribution in [0.5, 0.6) is 0 Å². The molecule has 156 valence electrons. The summed E-state index contributed by atoms with van der Waals surface area (Å²) in [4.78, 5) is 23.8. The number of methoxy groups -OCH3 is 1. The number of hydrogen-bond acceptors (Lipinski definition) is 8. The highest BCUT2D eigenvalue weighted by Gasteiger charge is 2.48. The van der Waals surface area contributed by atoms with Gasteiger partial charge in [-0.05, 0) is 27.2 Å². The van der Waals surface area contributed by atoms with Gasteiger partial charge in [0.25, 0.3) is 5.69 Å². The molecule has 0 saturated carbocycles. The minimum atomic E-state index is -3.83. The van der Waals surface area contributed by atoms with Crippen LogP contribution in [0.1, 0.15) is 38.7 Å². The molecular formula is C19H23N2O7P. The van der Waals surface area contributed by atoms with E-state index < -0.39 is 24.4 Å². The van der Waals surface area contributed by atoms with Gasteiger partial charge in [0, 0.05) is 23.0 Å². The molecule has 29 heavy (non-hydrogen) atoms. The molecule has 3 unspecified atom stereocenters. The number of rotatable bonds is 4. The molecule has 0 radical (unpaired) electrons. The fourth-order valence-electron chi connectivity index (χ4n) is 3.71. The minimum absolute atomic E-state index is 0.128. The number of para-hydroxylation sites is 1. The lowest BCUT2D eigenvalue weighted by Crippen LogP contribution is -2.31. The molecule has 1 N–H and O–H groups in total. The predicted molar refractivity (Wildman–Crippen MR) is 105 cm³/mol. The van der Waals surface area contributed by atoms with Gasteiger partial charge in [0.05, 0.1) is 41.5 Å².